The molecule has 0 aromatic heterocycles. The Kier molecular flexibility index (Phi) is 2.96. The van der Waals surface area contributed by atoms with Crippen LogP contribution in [0.4, 0.5) is 0 Å². The predicted molar refractivity (Wildman–Crippen MR) is 101 cm³/mol. The lowest BCUT2D eigenvalue weighted by Crippen LogP contribution is -2.20. The molecule has 1 heteroatoms. The molecule has 3 aromatic rings. The fourth-order valence-corrected chi connectivity index (χ4v) is 4.32. The second-order valence-electron chi connectivity index (χ2n) is 7.18. The van der Waals surface area contributed by atoms with E-state index in [0.29, 0.717) is 5.56 Å². The van der Waals surface area contributed by atoms with E-state index in [2.05, 4.69) is 66.8 Å². The zero-order chi connectivity index (χ0) is 16.9. The summed E-state index contributed by atoms with van der Waals surface area (Å²) in [6.07, 6.45) is 7.08. The summed E-state index contributed by atoms with van der Waals surface area (Å²) in [6, 6.07) is 25.5. The first kappa shape index (κ1) is 14.3. The molecule has 2 aliphatic carbocycles. The van der Waals surface area contributed by atoms with Gasteiger partial charge in [-0.1, -0.05) is 60.7 Å². The maximum atomic E-state index is 9.13. The lowest BCUT2D eigenvalue weighted by Gasteiger charge is -2.16. The molecule has 0 saturated carbocycles. The van der Waals surface area contributed by atoms with Gasteiger partial charge in [0.05, 0.1) is 11.6 Å². The molecule has 0 aliphatic heterocycles. The summed E-state index contributed by atoms with van der Waals surface area (Å²) in [6.45, 7) is 0. The molecule has 0 saturated heterocycles. The van der Waals surface area contributed by atoms with Crippen LogP contribution in [0.15, 0.2) is 66.7 Å². The topological polar surface area (TPSA) is 23.8 Å². The van der Waals surface area contributed by atoms with Crippen molar-refractivity contribution in [3.63, 3.8) is 0 Å². The third-order valence-electron chi connectivity index (χ3n) is 5.46. The molecule has 0 heterocycles. The summed E-state index contributed by atoms with van der Waals surface area (Å²) in [5, 5.41) is 11.8. The van der Waals surface area contributed by atoms with Crippen molar-refractivity contribution in [1.29, 1.82) is 5.26 Å². The van der Waals surface area contributed by atoms with Crippen LogP contribution in [-0.2, 0) is 12.8 Å². The van der Waals surface area contributed by atoms with Crippen molar-refractivity contribution < 1.29 is 0 Å². The molecule has 0 atom stereocenters. The summed E-state index contributed by atoms with van der Waals surface area (Å²) in [4.78, 5) is 0. The quantitative estimate of drug-likeness (QED) is 0.672. The van der Waals surface area contributed by atoms with Gasteiger partial charge in [0.2, 0.25) is 0 Å². The van der Waals surface area contributed by atoms with E-state index in [1.807, 2.05) is 18.2 Å². The lowest BCUT2D eigenvalue weighted by atomic mass is 9.86. The number of benzene rings is 3. The van der Waals surface area contributed by atoms with Gasteiger partial charge in [-0.15, -0.1) is 0 Å². The maximum Gasteiger partial charge on any atom is 0.0991 e. The zero-order valence-corrected chi connectivity index (χ0v) is 13.9. The van der Waals surface area contributed by atoms with Crippen LogP contribution in [0.3, 0.4) is 0 Å². The van der Waals surface area contributed by atoms with Gasteiger partial charge in [-0.25, -0.2) is 0 Å². The Bertz CT molecular complexity index is 1140. The van der Waals surface area contributed by atoms with E-state index < -0.39 is 0 Å². The first-order chi connectivity index (χ1) is 12.2. The van der Waals surface area contributed by atoms with Crippen LogP contribution in [0.5, 0.6) is 0 Å². The first-order valence-electron chi connectivity index (χ1n) is 8.68. The standard InChI is InChI=1S/C24H17N/c25-16-17-4-3-7-18(10-17)19-8-9-22-14-24(15-23(22)11-19)12-20-5-1-2-6-21(20)13-24/h1-11,14-15H,12-13H2. The minimum absolute atomic E-state index is 0.138. The normalized spacial score (nSPS) is 15.8. The van der Waals surface area contributed by atoms with Crippen molar-refractivity contribution in [2.45, 2.75) is 12.8 Å². The van der Waals surface area contributed by atoms with Crippen LogP contribution in [-0.4, -0.2) is 0 Å². The van der Waals surface area contributed by atoms with Gasteiger partial charge in [-0.05, 0) is 63.7 Å². The largest absolute Gasteiger partial charge is 0.192 e. The monoisotopic (exact) mass is 319 g/mol. The van der Waals surface area contributed by atoms with Crippen molar-refractivity contribution in [3.05, 3.63) is 93.9 Å². The number of hydrogen-bond acceptors (Lipinski definition) is 1. The highest BCUT2D eigenvalue weighted by molar-refractivity contribution is 5.69. The molecule has 25 heavy (non-hydrogen) atoms. The van der Waals surface area contributed by atoms with E-state index in [0.717, 1.165) is 18.4 Å². The molecule has 3 aromatic carbocycles. The molecule has 0 bridgehead atoms. The van der Waals surface area contributed by atoms with Gasteiger partial charge in [-0.3, -0.25) is 0 Å². The van der Waals surface area contributed by atoms with E-state index in [1.54, 1.807) is 0 Å². The van der Waals surface area contributed by atoms with Crippen LogP contribution >= 0.6 is 0 Å². The highest BCUT2D eigenvalue weighted by Gasteiger charge is 2.34. The highest BCUT2D eigenvalue weighted by Crippen LogP contribution is 2.40. The second kappa shape index (κ2) is 5.19. The Morgan fingerprint density at radius 1 is 0.720 bits per heavy atom. The number of nitriles is 1. The van der Waals surface area contributed by atoms with E-state index >= 15 is 0 Å². The van der Waals surface area contributed by atoms with Crippen molar-refractivity contribution in [3.8, 4) is 17.2 Å². The number of nitrogens with zero attached hydrogens (tertiary/aromatic N) is 1. The average molecular weight is 319 g/mol. The molecule has 5 rings (SSSR count). The molecule has 0 fully saturated rings. The Labute approximate surface area is 147 Å². The summed E-state index contributed by atoms with van der Waals surface area (Å²) < 4.78 is 0. The summed E-state index contributed by atoms with van der Waals surface area (Å²) in [7, 11) is 0. The Morgan fingerprint density at radius 3 is 2.20 bits per heavy atom. The van der Waals surface area contributed by atoms with E-state index in [-0.39, 0.29) is 5.41 Å². The van der Waals surface area contributed by atoms with Crippen molar-refractivity contribution in [1.82, 2.24) is 0 Å². The van der Waals surface area contributed by atoms with Crippen molar-refractivity contribution in [2.75, 3.05) is 0 Å². The molecule has 118 valence electrons. The fourth-order valence-electron chi connectivity index (χ4n) is 4.32. The van der Waals surface area contributed by atoms with Crippen LogP contribution < -0.4 is 10.4 Å². The van der Waals surface area contributed by atoms with Crippen LogP contribution in [0.2, 0.25) is 0 Å². The van der Waals surface area contributed by atoms with Gasteiger partial charge in [0.25, 0.3) is 0 Å². The fraction of sp³-hybridized carbons (Fsp3) is 0.125. The number of hydrogen-bond donors (Lipinski definition) is 0. The van der Waals surface area contributed by atoms with Crippen molar-refractivity contribution in [2.24, 2.45) is 5.41 Å². The molecule has 2 aliphatic rings. The van der Waals surface area contributed by atoms with E-state index in [4.69, 9.17) is 5.26 Å². The molecule has 1 nitrogen and oxygen atoms in total. The van der Waals surface area contributed by atoms with Gasteiger partial charge in [0, 0.05) is 5.41 Å². The van der Waals surface area contributed by atoms with Crippen molar-refractivity contribution >= 4 is 12.2 Å². The molecule has 0 N–H and O–H groups in total. The molecule has 0 radical (unpaired) electrons. The smallest absolute Gasteiger partial charge is 0.0991 e. The minimum atomic E-state index is 0.138. The van der Waals surface area contributed by atoms with Gasteiger partial charge in [0.15, 0.2) is 0 Å². The Balaban J connectivity index is 1.58. The van der Waals surface area contributed by atoms with Crippen LogP contribution in [0.25, 0.3) is 23.3 Å². The summed E-state index contributed by atoms with van der Waals surface area (Å²) in [5.74, 6) is 0. The second-order valence-corrected chi connectivity index (χ2v) is 7.18. The minimum Gasteiger partial charge on any atom is -0.192 e. The molecule has 0 unspecified atom stereocenters. The number of rotatable bonds is 1. The SMILES string of the molecule is N#Cc1cccc(-c2ccc3c(c2)=CC2(C=3)Cc3ccccc3C2)c1. The summed E-state index contributed by atoms with van der Waals surface area (Å²) in [5.41, 5.74) is 6.07. The maximum absolute atomic E-state index is 9.13. The Hall–Kier alpha value is -3.11. The summed E-state index contributed by atoms with van der Waals surface area (Å²) >= 11 is 0. The average Bonchev–Trinajstić information content (AvgIpc) is 3.19. The van der Waals surface area contributed by atoms with Crippen LogP contribution in [0.1, 0.15) is 16.7 Å². The van der Waals surface area contributed by atoms with E-state index in [1.165, 1.54) is 27.1 Å². The molecular formula is C24H17N. The predicted octanol–water partition coefficient (Wildman–Crippen LogP) is 3.59. The third-order valence-corrected chi connectivity index (χ3v) is 5.46. The lowest BCUT2D eigenvalue weighted by molar-refractivity contribution is 0.610. The van der Waals surface area contributed by atoms with E-state index in [9.17, 15) is 0 Å². The van der Waals surface area contributed by atoms with Gasteiger partial charge < -0.3 is 0 Å². The van der Waals surface area contributed by atoms with Gasteiger partial charge >= 0.3 is 0 Å². The highest BCUT2D eigenvalue weighted by atomic mass is 14.4. The van der Waals surface area contributed by atoms with Crippen LogP contribution in [0, 0.1) is 16.7 Å². The molecule has 1 spiro atoms. The van der Waals surface area contributed by atoms with Gasteiger partial charge in [-0.2, -0.15) is 5.26 Å². The number of fused-ring (bicyclic) bond motifs is 2. The molecule has 0 amide bonds. The van der Waals surface area contributed by atoms with Gasteiger partial charge in [0.1, 0.15) is 0 Å². The third kappa shape index (κ3) is 2.30. The Morgan fingerprint density at radius 2 is 1.44 bits per heavy atom. The first-order valence-corrected chi connectivity index (χ1v) is 8.68. The molecular weight excluding hydrogens is 302 g/mol. The zero-order valence-electron chi connectivity index (χ0n) is 13.9.